The second-order valence-corrected chi connectivity index (χ2v) is 5.53. The van der Waals surface area contributed by atoms with E-state index in [2.05, 4.69) is 16.5 Å². The van der Waals surface area contributed by atoms with E-state index in [0.717, 1.165) is 16.6 Å². The zero-order valence-corrected chi connectivity index (χ0v) is 12.6. The zero-order valence-electron chi connectivity index (χ0n) is 12.6. The van der Waals surface area contributed by atoms with Crippen LogP contribution in [0.5, 0.6) is 0 Å². The number of H-pyrrole nitrogens is 1. The number of aromatic amines is 1. The minimum absolute atomic E-state index is 0.505. The molecule has 0 aliphatic heterocycles. The van der Waals surface area contributed by atoms with Crippen molar-refractivity contribution in [2.75, 3.05) is 0 Å². The van der Waals surface area contributed by atoms with Gasteiger partial charge < -0.3 is 15.8 Å². The number of carboxylic acids is 1. The summed E-state index contributed by atoms with van der Waals surface area (Å²) in [7, 11) is 0. The normalized spacial score (nSPS) is 12.9. The third kappa shape index (κ3) is 2.93. The van der Waals surface area contributed by atoms with Gasteiger partial charge in [0.2, 0.25) is 0 Å². The molecule has 0 aliphatic carbocycles. The topological polar surface area (TPSA) is 92.0 Å². The van der Waals surface area contributed by atoms with Crippen molar-refractivity contribution in [2.45, 2.75) is 13.8 Å². The summed E-state index contributed by atoms with van der Waals surface area (Å²) < 4.78 is 0. The van der Waals surface area contributed by atoms with Crippen LogP contribution in [0.15, 0.2) is 54.9 Å². The second-order valence-electron chi connectivity index (χ2n) is 5.53. The van der Waals surface area contributed by atoms with E-state index in [1.54, 1.807) is 38.3 Å². The van der Waals surface area contributed by atoms with E-state index in [1.165, 1.54) is 0 Å². The number of hydrogen-bond acceptors (Lipinski definition) is 3. The molecule has 0 bridgehead atoms. The van der Waals surface area contributed by atoms with Gasteiger partial charge in [-0.25, -0.2) is 4.98 Å². The molecule has 0 radical (unpaired) electrons. The van der Waals surface area contributed by atoms with E-state index in [1.807, 2.05) is 18.3 Å². The van der Waals surface area contributed by atoms with Gasteiger partial charge in [0, 0.05) is 29.0 Å². The SMILES string of the molecule is C=C(/C=C\C=C(/N)c1ccnc2[nH]ccc12)C(C)(C)C(=O)O. The number of nitrogens with one attached hydrogen (secondary N) is 1. The highest BCUT2D eigenvalue weighted by atomic mass is 16.4. The van der Waals surface area contributed by atoms with E-state index in [4.69, 9.17) is 10.8 Å². The van der Waals surface area contributed by atoms with Crippen molar-refractivity contribution in [1.29, 1.82) is 0 Å². The molecule has 0 spiro atoms. The largest absolute Gasteiger partial charge is 0.481 e. The summed E-state index contributed by atoms with van der Waals surface area (Å²) in [6, 6.07) is 3.75. The van der Waals surface area contributed by atoms with Crippen molar-refractivity contribution >= 4 is 22.7 Å². The molecule has 4 N–H and O–H groups in total. The predicted octanol–water partition coefficient (Wildman–Crippen LogP) is 3.09. The van der Waals surface area contributed by atoms with Crippen molar-refractivity contribution in [3.05, 3.63) is 60.5 Å². The summed E-state index contributed by atoms with van der Waals surface area (Å²) in [4.78, 5) is 18.4. The van der Waals surface area contributed by atoms with Crippen LogP contribution in [0.1, 0.15) is 19.4 Å². The minimum Gasteiger partial charge on any atom is -0.481 e. The summed E-state index contributed by atoms with van der Waals surface area (Å²) in [5.41, 5.74) is 7.81. The lowest BCUT2D eigenvalue weighted by Crippen LogP contribution is -2.24. The number of aliphatic carboxylic acids is 1. The van der Waals surface area contributed by atoms with Crippen LogP contribution in [0, 0.1) is 5.41 Å². The van der Waals surface area contributed by atoms with Gasteiger partial charge in [-0.15, -0.1) is 0 Å². The molecule has 114 valence electrons. The first-order chi connectivity index (χ1) is 10.3. The van der Waals surface area contributed by atoms with E-state index < -0.39 is 11.4 Å². The highest BCUT2D eigenvalue weighted by molar-refractivity contribution is 5.89. The van der Waals surface area contributed by atoms with Gasteiger partial charge in [-0.3, -0.25) is 4.79 Å². The molecule has 0 unspecified atom stereocenters. The molecule has 0 saturated heterocycles. The quantitative estimate of drug-likeness (QED) is 0.739. The molecule has 5 nitrogen and oxygen atoms in total. The maximum Gasteiger partial charge on any atom is 0.313 e. The Morgan fingerprint density at radius 2 is 2.18 bits per heavy atom. The third-order valence-electron chi connectivity index (χ3n) is 3.68. The summed E-state index contributed by atoms with van der Waals surface area (Å²) in [6.07, 6.45) is 8.59. The monoisotopic (exact) mass is 297 g/mol. The molecular weight excluding hydrogens is 278 g/mol. The summed E-state index contributed by atoms with van der Waals surface area (Å²) in [5.74, 6) is -0.915. The van der Waals surface area contributed by atoms with Crippen LogP contribution in [-0.4, -0.2) is 21.0 Å². The molecule has 22 heavy (non-hydrogen) atoms. The fourth-order valence-corrected chi connectivity index (χ4v) is 1.92. The molecule has 2 rings (SSSR count). The molecule has 0 fully saturated rings. The van der Waals surface area contributed by atoms with E-state index in [9.17, 15) is 4.79 Å². The first kappa shape index (κ1) is 15.6. The number of pyridine rings is 1. The first-order valence-corrected chi connectivity index (χ1v) is 6.83. The number of carboxylic acid groups (broad SMARTS) is 1. The Bertz CT molecular complexity index is 782. The van der Waals surface area contributed by atoms with Crippen LogP contribution in [0.2, 0.25) is 0 Å². The van der Waals surface area contributed by atoms with E-state index >= 15 is 0 Å². The predicted molar refractivity (Wildman–Crippen MR) is 88.0 cm³/mol. The molecule has 0 amide bonds. The Kier molecular flexibility index (Phi) is 4.17. The Balaban J connectivity index is 2.23. The molecule has 0 aliphatic rings. The van der Waals surface area contributed by atoms with Gasteiger partial charge in [0.15, 0.2) is 0 Å². The Morgan fingerprint density at radius 1 is 1.45 bits per heavy atom. The number of nitrogens with two attached hydrogens (primary N) is 1. The number of rotatable bonds is 5. The van der Waals surface area contributed by atoms with Gasteiger partial charge in [-0.1, -0.05) is 18.7 Å². The van der Waals surface area contributed by atoms with Crippen molar-refractivity contribution < 1.29 is 9.90 Å². The molecule has 0 aromatic carbocycles. The number of nitrogens with zero attached hydrogens (tertiary/aromatic N) is 1. The standard InChI is InChI=1S/C17H19N3O2/c1-11(17(2,3)16(21)22)5-4-6-14(18)12-7-9-19-15-13(12)8-10-20-15/h4-10H,1,18H2,2-3H3,(H,19,20)(H,21,22)/b5-4-,14-6-. The van der Waals surface area contributed by atoms with Crippen molar-refractivity contribution in [3.63, 3.8) is 0 Å². The number of aromatic nitrogens is 2. The van der Waals surface area contributed by atoms with Crippen LogP contribution in [0.25, 0.3) is 16.7 Å². The average Bonchev–Trinajstić information content (AvgIpc) is 2.94. The molecule has 2 aromatic heterocycles. The van der Waals surface area contributed by atoms with Gasteiger partial charge in [0.1, 0.15) is 5.65 Å². The van der Waals surface area contributed by atoms with Gasteiger partial charge >= 0.3 is 5.97 Å². The summed E-state index contributed by atoms with van der Waals surface area (Å²) in [6.45, 7) is 7.03. The van der Waals surface area contributed by atoms with Crippen molar-refractivity contribution in [2.24, 2.45) is 11.1 Å². The lowest BCUT2D eigenvalue weighted by Gasteiger charge is -2.19. The first-order valence-electron chi connectivity index (χ1n) is 6.83. The molecule has 0 saturated carbocycles. The molecule has 0 atom stereocenters. The molecular formula is C17H19N3O2. The lowest BCUT2D eigenvalue weighted by atomic mass is 9.85. The van der Waals surface area contributed by atoms with E-state index in [0.29, 0.717) is 11.3 Å². The smallest absolute Gasteiger partial charge is 0.313 e. The molecule has 5 heteroatoms. The molecule has 2 heterocycles. The minimum atomic E-state index is -1.01. The fraction of sp³-hybridized carbons (Fsp3) is 0.176. The maximum absolute atomic E-state index is 11.2. The van der Waals surface area contributed by atoms with Gasteiger partial charge in [0.25, 0.3) is 0 Å². The Labute approximate surface area is 128 Å². The Hall–Kier alpha value is -2.82. The van der Waals surface area contributed by atoms with Crippen LogP contribution < -0.4 is 5.73 Å². The molecule has 2 aromatic rings. The zero-order chi connectivity index (χ0) is 16.3. The number of carbonyl (C=O) groups is 1. The lowest BCUT2D eigenvalue weighted by molar-refractivity contribution is -0.144. The number of allylic oxidation sites excluding steroid dienone is 3. The van der Waals surface area contributed by atoms with Crippen LogP contribution in [-0.2, 0) is 4.79 Å². The van der Waals surface area contributed by atoms with Gasteiger partial charge in [-0.2, -0.15) is 0 Å². The number of hydrogen-bond donors (Lipinski definition) is 3. The van der Waals surface area contributed by atoms with Crippen LogP contribution >= 0.6 is 0 Å². The summed E-state index contributed by atoms with van der Waals surface area (Å²) >= 11 is 0. The summed E-state index contributed by atoms with van der Waals surface area (Å²) in [5, 5.41) is 10.1. The third-order valence-corrected chi connectivity index (χ3v) is 3.68. The maximum atomic E-state index is 11.2. The second kappa shape index (κ2) is 5.89. The fourth-order valence-electron chi connectivity index (χ4n) is 1.92. The van der Waals surface area contributed by atoms with Gasteiger partial charge in [0.05, 0.1) is 5.41 Å². The van der Waals surface area contributed by atoms with Crippen LogP contribution in [0.3, 0.4) is 0 Å². The average molecular weight is 297 g/mol. The van der Waals surface area contributed by atoms with Crippen molar-refractivity contribution in [3.8, 4) is 0 Å². The Morgan fingerprint density at radius 3 is 2.86 bits per heavy atom. The van der Waals surface area contributed by atoms with E-state index in [-0.39, 0.29) is 0 Å². The van der Waals surface area contributed by atoms with Crippen molar-refractivity contribution in [1.82, 2.24) is 9.97 Å². The highest BCUT2D eigenvalue weighted by Gasteiger charge is 2.28. The van der Waals surface area contributed by atoms with Gasteiger partial charge in [-0.05, 0) is 37.6 Å². The highest BCUT2D eigenvalue weighted by Crippen LogP contribution is 2.26. The number of fused-ring (bicyclic) bond motifs is 1. The van der Waals surface area contributed by atoms with Crippen LogP contribution in [0.4, 0.5) is 0 Å².